The van der Waals surface area contributed by atoms with Crippen LogP contribution < -0.4 is 0 Å². The van der Waals surface area contributed by atoms with Gasteiger partial charge in [-0.05, 0) is 57.9 Å². The van der Waals surface area contributed by atoms with E-state index in [0.29, 0.717) is 13.2 Å². The number of fused-ring (bicyclic) bond motifs is 2. The van der Waals surface area contributed by atoms with Crippen LogP contribution in [0.1, 0.15) is 22.2 Å². The molecule has 1 fully saturated rings. The van der Waals surface area contributed by atoms with Crippen molar-refractivity contribution in [3.05, 3.63) is 92.9 Å². The molecule has 0 radical (unpaired) electrons. The van der Waals surface area contributed by atoms with Crippen LogP contribution in [0.4, 0.5) is 0 Å². The maximum absolute atomic E-state index is 10.5. The predicted molar refractivity (Wildman–Crippen MR) is 138 cm³/mol. The van der Waals surface area contributed by atoms with E-state index >= 15 is 0 Å². The van der Waals surface area contributed by atoms with E-state index in [9.17, 15) is 4.79 Å². The summed E-state index contributed by atoms with van der Waals surface area (Å²) in [5.41, 5.74) is 1.81. The summed E-state index contributed by atoms with van der Waals surface area (Å²) < 4.78 is 13.1. The van der Waals surface area contributed by atoms with E-state index in [2.05, 4.69) is 62.2 Å². The quantitative estimate of drug-likeness (QED) is 0.292. The third kappa shape index (κ3) is 7.43. The second-order valence-electron chi connectivity index (χ2n) is 7.14. The average Bonchev–Trinajstić information content (AvgIpc) is 3.39. The van der Waals surface area contributed by atoms with Crippen molar-refractivity contribution in [2.75, 3.05) is 26.4 Å². The predicted octanol–water partition coefficient (Wildman–Crippen LogP) is 6.03. The van der Waals surface area contributed by atoms with E-state index in [1.807, 2.05) is 42.5 Å². The van der Waals surface area contributed by atoms with Crippen LogP contribution in [0.15, 0.2) is 81.7 Å². The fourth-order valence-electron chi connectivity index (χ4n) is 3.24. The van der Waals surface area contributed by atoms with Gasteiger partial charge in [-0.25, -0.2) is 0 Å². The standard InChI is InChI=1S/C13H11BrO2.C11H7BrO.C2H6O2/c14-12-4-3-9-7-11(2-1-10(9)8-12)13-15-5-6-16-13;12-11-4-3-9-5-8(7-13)1-2-10(9)6-11;3-1-2-4/h1-4,7-8,13H,5-6H2;1-7H;3-4H,1-2H2. The Balaban J connectivity index is 0.000000163. The van der Waals surface area contributed by atoms with Gasteiger partial charge in [0.05, 0.1) is 26.4 Å². The lowest BCUT2D eigenvalue weighted by Crippen LogP contribution is -1.97. The molecule has 5 nitrogen and oxygen atoms in total. The zero-order valence-electron chi connectivity index (χ0n) is 17.8. The summed E-state index contributed by atoms with van der Waals surface area (Å²) >= 11 is 6.87. The molecule has 172 valence electrons. The van der Waals surface area contributed by atoms with E-state index in [1.54, 1.807) is 0 Å². The van der Waals surface area contributed by atoms with E-state index in [1.165, 1.54) is 10.8 Å². The first-order valence-corrected chi connectivity index (χ1v) is 11.9. The van der Waals surface area contributed by atoms with E-state index in [-0.39, 0.29) is 19.5 Å². The lowest BCUT2D eigenvalue weighted by Gasteiger charge is -2.10. The number of carbonyl (C=O) groups excluding carboxylic acids is 1. The Hall–Kier alpha value is -2.13. The van der Waals surface area contributed by atoms with Crippen molar-refractivity contribution in [1.29, 1.82) is 0 Å². The Bertz CT molecular complexity index is 1200. The summed E-state index contributed by atoms with van der Waals surface area (Å²) in [6, 6.07) is 24.2. The second kappa shape index (κ2) is 12.9. The minimum absolute atomic E-state index is 0.125. The monoisotopic (exact) mass is 574 g/mol. The van der Waals surface area contributed by atoms with Gasteiger partial charge < -0.3 is 19.7 Å². The van der Waals surface area contributed by atoms with Crippen molar-refractivity contribution < 1.29 is 24.5 Å². The molecule has 1 aliphatic rings. The Labute approximate surface area is 209 Å². The van der Waals surface area contributed by atoms with Crippen molar-refractivity contribution in [2.24, 2.45) is 0 Å². The molecule has 4 aromatic rings. The van der Waals surface area contributed by atoms with E-state index in [4.69, 9.17) is 19.7 Å². The molecule has 0 spiro atoms. The molecule has 33 heavy (non-hydrogen) atoms. The molecular formula is C26H24Br2O5. The topological polar surface area (TPSA) is 76.0 Å². The molecule has 1 aliphatic heterocycles. The smallest absolute Gasteiger partial charge is 0.184 e. The van der Waals surface area contributed by atoms with Crippen molar-refractivity contribution in [3.63, 3.8) is 0 Å². The molecule has 0 saturated carbocycles. The minimum atomic E-state index is -0.187. The van der Waals surface area contributed by atoms with Gasteiger partial charge in [0.1, 0.15) is 6.29 Å². The van der Waals surface area contributed by atoms with Gasteiger partial charge in [0.15, 0.2) is 6.29 Å². The molecule has 0 aliphatic carbocycles. The number of carbonyl (C=O) groups is 1. The molecule has 0 amide bonds. The van der Waals surface area contributed by atoms with Crippen molar-refractivity contribution in [1.82, 2.24) is 0 Å². The van der Waals surface area contributed by atoms with Gasteiger partial charge in [-0.1, -0.05) is 68.3 Å². The number of rotatable bonds is 3. The Morgan fingerprint density at radius 3 is 1.76 bits per heavy atom. The number of benzene rings is 4. The lowest BCUT2D eigenvalue weighted by atomic mass is 10.1. The first-order chi connectivity index (χ1) is 16.0. The lowest BCUT2D eigenvalue weighted by molar-refractivity contribution is -0.0440. The number of hydrogen-bond donors (Lipinski definition) is 2. The highest BCUT2D eigenvalue weighted by molar-refractivity contribution is 9.10. The zero-order chi connectivity index (χ0) is 23.6. The maximum atomic E-state index is 10.5. The molecule has 7 heteroatoms. The van der Waals surface area contributed by atoms with Gasteiger partial charge in [-0.2, -0.15) is 0 Å². The second-order valence-corrected chi connectivity index (χ2v) is 8.97. The zero-order valence-corrected chi connectivity index (χ0v) is 21.0. The van der Waals surface area contributed by atoms with Gasteiger partial charge in [-0.3, -0.25) is 4.79 Å². The molecule has 5 rings (SSSR count). The van der Waals surface area contributed by atoms with Crippen LogP contribution in [0.25, 0.3) is 21.5 Å². The molecule has 1 saturated heterocycles. The van der Waals surface area contributed by atoms with Gasteiger partial charge in [0.25, 0.3) is 0 Å². The Morgan fingerprint density at radius 1 is 0.727 bits per heavy atom. The number of hydrogen-bond acceptors (Lipinski definition) is 5. The largest absolute Gasteiger partial charge is 0.394 e. The molecule has 0 aromatic heterocycles. The highest BCUT2D eigenvalue weighted by atomic mass is 79.9. The number of aliphatic hydroxyl groups excluding tert-OH is 2. The number of aldehydes is 1. The van der Waals surface area contributed by atoms with Crippen LogP contribution in [0.2, 0.25) is 0 Å². The van der Waals surface area contributed by atoms with Gasteiger partial charge in [0.2, 0.25) is 0 Å². The molecule has 1 heterocycles. The van der Waals surface area contributed by atoms with Crippen LogP contribution in [-0.4, -0.2) is 42.9 Å². The fraction of sp³-hybridized carbons (Fsp3) is 0.192. The summed E-state index contributed by atoms with van der Waals surface area (Å²) in [5.74, 6) is 0. The third-order valence-corrected chi connectivity index (χ3v) is 5.77. The summed E-state index contributed by atoms with van der Waals surface area (Å²) in [6.45, 7) is 1.12. The summed E-state index contributed by atoms with van der Waals surface area (Å²) in [5, 5.41) is 19.9. The molecule has 4 aromatic carbocycles. The first kappa shape index (κ1) is 25.5. The highest BCUT2D eigenvalue weighted by Crippen LogP contribution is 2.27. The van der Waals surface area contributed by atoms with Crippen molar-refractivity contribution >= 4 is 59.7 Å². The Kier molecular flexibility index (Phi) is 9.99. The van der Waals surface area contributed by atoms with Crippen molar-refractivity contribution in [3.8, 4) is 0 Å². The normalized spacial score (nSPS) is 13.2. The van der Waals surface area contributed by atoms with Crippen molar-refractivity contribution in [2.45, 2.75) is 6.29 Å². The van der Waals surface area contributed by atoms with Gasteiger partial charge in [0, 0.05) is 20.1 Å². The van der Waals surface area contributed by atoms with E-state index in [0.717, 1.165) is 37.1 Å². The minimum Gasteiger partial charge on any atom is -0.394 e. The molecule has 0 atom stereocenters. The molecule has 2 N–H and O–H groups in total. The molecular weight excluding hydrogens is 552 g/mol. The highest BCUT2D eigenvalue weighted by Gasteiger charge is 2.18. The SMILES string of the molecule is Brc1ccc2cc(C3OCCO3)ccc2c1.O=Cc1ccc2cc(Br)ccc2c1.OCCO. The number of ether oxygens (including phenoxy) is 2. The van der Waals surface area contributed by atoms with Gasteiger partial charge >= 0.3 is 0 Å². The first-order valence-electron chi connectivity index (χ1n) is 10.3. The van der Waals surface area contributed by atoms with Crippen LogP contribution in [-0.2, 0) is 9.47 Å². The summed E-state index contributed by atoms with van der Waals surface area (Å²) in [7, 11) is 0. The number of halogens is 2. The van der Waals surface area contributed by atoms with Crippen LogP contribution >= 0.6 is 31.9 Å². The Morgan fingerprint density at radius 2 is 1.21 bits per heavy atom. The number of aliphatic hydroxyl groups is 2. The van der Waals surface area contributed by atoms with Gasteiger partial charge in [-0.15, -0.1) is 0 Å². The van der Waals surface area contributed by atoms with E-state index < -0.39 is 0 Å². The van der Waals surface area contributed by atoms with Crippen LogP contribution in [0.5, 0.6) is 0 Å². The summed E-state index contributed by atoms with van der Waals surface area (Å²) in [6.07, 6.45) is 0.676. The maximum Gasteiger partial charge on any atom is 0.184 e. The summed E-state index contributed by atoms with van der Waals surface area (Å²) in [4.78, 5) is 10.5. The molecule has 0 bridgehead atoms. The van der Waals surface area contributed by atoms with Crippen LogP contribution in [0, 0.1) is 0 Å². The average molecular weight is 576 g/mol. The third-order valence-electron chi connectivity index (χ3n) is 4.78. The molecule has 0 unspecified atom stereocenters. The fourth-order valence-corrected chi connectivity index (χ4v) is 4.00. The van der Waals surface area contributed by atoms with Crippen LogP contribution in [0.3, 0.4) is 0 Å².